The number of fused-ring (bicyclic) bond motifs is 8. The quantitative estimate of drug-likeness (QED) is 0.0953. The molecule has 26 nitrogen and oxygen atoms in total. The summed E-state index contributed by atoms with van der Waals surface area (Å²) < 4.78 is 4.08. The predicted octanol–water partition coefficient (Wildman–Crippen LogP) is 2.57. The second-order valence-electron chi connectivity index (χ2n) is 23.3. The van der Waals surface area contributed by atoms with E-state index in [0.29, 0.717) is 68.2 Å². The van der Waals surface area contributed by atoms with Gasteiger partial charge in [-0.05, 0) is 128 Å². The van der Waals surface area contributed by atoms with Crippen LogP contribution in [0, 0.1) is 0 Å². The van der Waals surface area contributed by atoms with Gasteiger partial charge in [-0.25, -0.2) is 0 Å². The summed E-state index contributed by atoms with van der Waals surface area (Å²) in [5.74, 6) is -14.6. The van der Waals surface area contributed by atoms with E-state index in [1.807, 2.05) is 6.07 Å². The van der Waals surface area contributed by atoms with Gasteiger partial charge in [-0.2, -0.15) is 0 Å². The van der Waals surface area contributed by atoms with Crippen LogP contribution in [0.5, 0.6) is 0 Å². The second kappa shape index (κ2) is 44.5. The average molecular weight is 1640 g/mol. The highest BCUT2D eigenvalue weighted by Gasteiger charge is 2.20. The molecule has 4 heterocycles. The van der Waals surface area contributed by atoms with Gasteiger partial charge < -0.3 is 104 Å². The number of aliphatic carboxylic acids is 11. The molecular weight excluding hydrogens is 1550 g/mol. The van der Waals surface area contributed by atoms with E-state index in [1.165, 1.54) is 101 Å². The molecule has 0 aliphatic heterocycles. The van der Waals surface area contributed by atoms with Crippen LogP contribution >= 0.6 is 45.3 Å². The molecule has 0 unspecified atom stereocenters. The molecule has 12 rings (SSSR count). The molecule has 0 fully saturated rings. The fraction of sp³-hybridized carbons (Fsp3) is 0.250. The Balaban J connectivity index is 0. The van der Waals surface area contributed by atoms with Gasteiger partial charge in [0.2, 0.25) is 0 Å². The Morgan fingerprint density at radius 1 is 0.228 bits per heavy atom. The summed E-state index contributed by atoms with van der Waals surface area (Å²) in [5.41, 5.74) is 1.50. The summed E-state index contributed by atoms with van der Waals surface area (Å²) in [6, 6.07) is 32.8. The van der Waals surface area contributed by atoms with E-state index in [4.69, 9.17) is 5.11 Å². The Kier molecular flexibility index (Phi) is 40.4. The molecule has 610 valence electrons. The summed E-state index contributed by atoms with van der Waals surface area (Å²) in [7, 11) is 0. The maximum atomic E-state index is 13.2. The molecule has 0 saturated heterocycles. The largest absolute Gasteiger partial charge is 0.550 e. The van der Waals surface area contributed by atoms with Crippen molar-refractivity contribution in [1.82, 2.24) is 0 Å². The van der Waals surface area contributed by atoms with Crippen LogP contribution in [0.1, 0.15) is 135 Å². The van der Waals surface area contributed by atoms with Crippen molar-refractivity contribution in [2.75, 3.05) is 0 Å². The zero-order valence-corrected chi connectivity index (χ0v) is 56.5. The molecule has 0 saturated carbocycles. The molecule has 0 aliphatic carbocycles. The monoisotopic (exact) mass is 1640 g/mol. The minimum atomic E-state index is -1.45. The van der Waals surface area contributed by atoms with Crippen LogP contribution in [0.3, 0.4) is 0 Å². The van der Waals surface area contributed by atoms with E-state index < -0.39 is 115 Å². The number of carbonyl (C=O) groups is 11. The molecule has 8 aromatic carbocycles. The van der Waals surface area contributed by atoms with E-state index in [0.717, 1.165) is 20.7 Å². The first-order chi connectivity index (χ1) is 49.2. The van der Waals surface area contributed by atoms with Crippen molar-refractivity contribution in [3.05, 3.63) is 229 Å². The molecule has 0 aliphatic rings. The average Bonchev–Trinajstić information content (AvgIpc) is 0.762. The second-order valence-corrected chi connectivity index (χ2v) is 27.4. The van der Waals surface area contributed by atoms with Crippen molar-refractivity contribution in [3.63, 3.8) is 0 Å². The van der Waals surface area contributed by atoms with Crippen LogP contribution in [0.15, 0.2) is 147 Å². The summed E-state index contributed by atoms with van der Waals surface area (Å²) >= 11 is 4.76. The van der Waals surface area contributed by atoms with Crippen molar-refractivity contribution >= 4 is 192 Å². The first-order valence-electron chi connectivity index (χ1n) is 30.4. The van der Waals surface area contributed by atoms with E-state index in [-0.39, 0.29) is 182 Å². The van der Waals surface area contributed by atoms with Gasteiger partial charge in [-0.3, -0.25) is 24.0 Å². The van der Waals surface area contributed by atoms with E-state index in [2.05, 4.69) is 0 Å². The molecule has 30 heteroatoms. The van der Waals surface area contributed by atoms with Crippen molar-refractivity contribution in [3.8, 4) is 0 Å². The highest BCUT2D eigenvalue weighted by atomic mass is 32.1. The lowest BCUT2D eigenvalue weighted by Crippen LogP contribution is -2.26. The number of hydrogen-bond acceptors (Lipinski definition) is 29. The lowest BCUT2D eigenvalue weighted by molar-refractivity contribution is -0.306. The Morgan fingerprint density at radius 2 is 0.430 bits per heavy atom. The molecule has 4 aromatic heterocycles. The van der Waals surface area contributed by atoms with Gasteiger partial charge in [0, 0.05) is 205 Å². The molecular formula is C84H84O26S4-10. The first kappa shape index (κ1) is 104. The summed E-state index contributed by atoms with van der Waals surface area (Å²) in [4.78, 5) is 172. The highest BCUT2D eigenvalue weighted by molar-refractivity contribution is 7.26. The number of carboxylic acid groups (broad SMARTS) is 11. The van der Waals surface area contributed by atoms with E-state index >= 15 is 0 Å². The Labute approximate surface area is 671 Å². The molecule has 0 bridgehead atoms. The minimum Gasteiger partial charge on any atom is -0.550 e. The van der Waals surface area contributed by atoms with Gasteiger partial charge >= 0.3 is 5.97 Å². The van der Waals surface area contributed by atoms with Crippen LogP contribution < -0.4 is 72.8 Å². The fourth-order valence-corrected chi connectivity index (χ4v) is 16.3. The molecule has 0 amide bonds. The minimum absolute atomic E-state index is 0. The number of hydrogen-bond donors (Lipinski definition) is 1. The molecule has 114 heavy (non-hydrogen) atoms. The van der Waals surface area contributed by atoms with Gasteiger partial charge in [0.15, 0.2) is 21.7 Å². The summed E-state index contributed by atoms with van der Waals surface area (Å²) in [5, 5.41) is 121. The highest BCUT2D eigenvalue weighted by Crippen LogP contribution is 2.35. The Hall–Kier alpha value is -12.5. The maximum absolute atomic E-state index is 13.2. The van der Waals surface area contributed by atoms with Crippen molar-refractivity contribution in [2.24, 2.45) is 0 Å². The standard InChI is InChI=1S/C21H16O9S.C19H14O7S.2C17H12O5S.10CH4/c22-15(23)5-9-1-11(7-17(26)27)20-13(3-9)19(30)14-4-10(6-16(24)25)2-12(8-18(28)29)21(14)31-20;20-15(21)6-9-1-2-14-12(4-9)18(26)13-5-10(7-16(22)23)3-11(8-17(24)25)19(13)27-14;2*18-14(19)7-9-5-10(8-15(20)21)17-12(6-9)16(22)11-3-1-2-4-13(11)23-17;;;;;;;;;;/h1-4H,5-8H2,(H,22,23)(H,24,25)(H,26,27)(H,28,29);1-5H,6-8H2,(H,20,21)(H,22,23)(H,24,25);2*1-6H,7-8H2,(H,18,19)(H,20,21);10*1H4/p-10. The Bertz CT molecular complexity index is 5660. The third kappa shape index (κ3) is 25.5. The normalized spacial score (nSPS) is 10.0. The van der Waals surface area contributed by atoms with E-state index in [9.17, 15) is 123 Å². The lowest BCUT2D eigenvalue weighted by atomic mass is 9.99. The van der Waals surface area contributed by atoms with Gasteiger partial charge in [0.1, 0.15) is 0 Å². The number of benzene rings is 8. The third-order valence-electron chi connectivity index (χ3n) is 15.5. The van der Waals surface area contributed by atoms with Gasteiger partial charge in [-0.15, -0.1) is 45.3 Å². The zero-order valence-electron chi connectivity index (χ0n) is 53.2. The summed E-state index contributed by atoms with van der Waals surface area (Å²) in [6.07, 6.45) is -5.00. The van der Waals surface area contributed by atoms with Gasteiger partial charge in [-0.1, -0.05) is 135 Å². The zero-order chi connectivity index (χ0) is 75.7. The van der Waals surface area contributed by atoms with Crippen LogP contribution in [0.25, 0.3) is 80.7 Å². The van der Waals surface area contributed by atoms with Gasteiger partial charge in [0.05, 0.1) is 6.42 Å². The smallest absolute Gasteiger partial charge is 0.307 e. The van der Waals surface area contributed by atoms with Crippen molar-refractivity contribution in [1.29, 1.82) is 0 Å². The molecule has 1 N–H and O–H groups in total. The number of carboxylic acids is 11. The SMILES string of the molecule is C.C.C.C.C.C.C.C.C.C.O=C([O-])Cc1cc(CC(=O)O)c2sc3ccccc3c(=O)c2c1.O=C([O-])Cc1cc(CC(=O)[O-])c2sc3c(CC(=O)[O-])cc(CC(=O)[O-])cc3c(=O)c2c1.O=C([O-])Cc1cc(CC(=O)[O-])c2sc3ccccc3c(=O)c2c1.O=C([O-])Cc1ccc2sc3c(CC(=O)[O-])cc(CC(=O)[O-])cc3c(=O)c2c1. The fourth-order valence-electron chi connectivity index (χ4n) is 11.6. The number of rotatable bonds is 22. The van der Waals surface area contributed by atoms with Crippen LogP contribution in [-0.2, 0) is 123 Å². The topological polar surface area (TPSA) is 507 Å². The first-order valence-corrected chi connectivity index (χ1v) is 33.7. The molecule has 0 spiro atoms. The molecule has 0 atom stereocenters. The van der Waals surface area contributed by atoms with Crippen molar-refractivity contribution in [2.45, 2.75) is 145 Å². The van der Waals surface area contributed by atoms with Crippen LogP contribution in [-0.4, -0.2) is 70.8 Å². The molecule has 12 aromatic rings. The Morgan fingerprint density at radius 3 is 0.684 bits per heavy atom. The molecule has 0 radical (unpaired) electrons. The van der Waals surface area contributed by atoms with Crippen LogP contribution in [0.2, 0.25) is 0 Å². The third-order valence-corrected chi connectivity index (χ3v) is 20.7. The predicted molar refractivity (Wildman–Crippen MR) is 428 cm³/mol. The maximum Gasteiger partial charge on any atom is 0.307 e. The lowest BCUT2D eigenvalue weighted by Gasteiger charge is -2.15. The number of carbonyl (C=O) groups excluding carboxylic acids is 10. The van der Waals surface area contributed by atoms with Crippen molar-refractivity contribution < 1.29 is 109 Å². The van der Waals surface area contributed by atoms with Gasteiger partial charge in [0.25, 0.3) is 0 Å². The van der Waals surface area contributed by atoms with Crippen LogP contribution in [0.4, 0.5) is 0 Å². The summed E-state index contributed by atoms with van der Waals surface area (Å²) in [6.45, 7) is 0. The van der Waals surface area contributed by atoms with E-state index in [1.54, 1.807) is 54.6 Å².